The van der Waals surface area contributed by atoms with Crippen molar-refractivity contribution in [1.82, 2.24) is 4.98 Å². The topological polar surface area (TPSA) is 45.5 Å². The molecule has 0 amide bonds. The van der Waals surface area contributed by atoms with E-state index in [4.69, 9.17) is 0 Å². The molecule has 3 nitrogen and oxygen atoms in total. The van der Waals surface area contributed by atoms with E-state index in [2.05, 4.69) is 34.4 Å². The maximum Gasteiger partial charge on any atom is 0.118 e. The predicted octanol–water partition coefficient (Wildman–Crippen LogP) is 4.56. The number of allylic oxidation sites excluding steroid dienone is 1. The molecule has 2 aromatic carbocycles. The Morgan fingerprint density at radius 1 is 0.958 bits per heavy atom. The fraction of sp³-hybridized carbons (Fsp3) is 0.0476. The molecule has 1 aromatic heterocycles. The molecule has 0 saturated heterocycles. The van der Waals surface area contributed by atoms with E-state index in [1.165, 1.54) is 5.56 Å². The van der Waals surface area contributed by atoms with Crippen LogP contribution >= 0.6 is 0 Å². The zero-order valence-electron chi connectivity index (χ0n) is 13.2. The van der Waals surface area contributed by atoms with Crippen LogP contribution in [0.1, 0.15) is 22.3 Å². The lowest BCUT2D eigenvalue weighted by Gasteiger charge is -2.09. The maximum absolute atomic E-state index is 9.50. The van der Waals surface area contributed by atoms with E-state index >= 15 is 0 Å². The van der Waals surface area contributed by atoms with Gasteiger partial charge in [-0.1, -0.05) is 71.9 Å². The van der Waals surface area contributed by atoms with Gasteiger partial charge in [0.15, 0.2) is 0 Å². The lowest BCUT2D eigenvalue weighted by atomic mass is 9.96. The van der Waals surface area contributed by atoms with Gasteiger partial charge in [-0.15, -0.1) is 0 Å². The second-order valence-electron chi connectivity index (χ2n) is 5.36. The van der Waals surface area contributed by atoms with Crippen LogP contribution in [0.15, 0.2) is 90.4 Å². The van der Waals surface area contributed by atoms with Crippen molar-refractivity contribution >= 4 is 11.8 Å². The first-order valence-electron chi connectivity index (χ1n) is 7.81. The Morgan fingerprint density at radius 3 is 2.50 bits per heavy atom. The minimum absolute atomic E-state index is 0.534. The molecule has 0 unspecified atom stereocenters. The number of oxime groups is 1. The van der Waals surface area contributed by atoms with Crippen LogP contribution in [0.3, 0.4) is 0 Å². The summed E-state index contributed by atoms with van der Waals surface area (Å²) in [5.41, 5.74) is 4.50. The highest BCUT2D eigenvalue weighted by molar-refractivity contribution is 6.13. The van der Waals surface area contributed by atoms with E-state index in [0.717, 1.165) is 23.1 Å². The molecule has 1 heterocycles. The van der Waals surface area contributed by atoms with Crippen molar-refractivity contribution in [3.05, 3.63) is 107 Å². The number of hydrogen-bond donors (Lipinski definition) is 1. The van der Waals surface area contributed by atoms with Crippen LogP contribution in [0.5, 0.6) is 0 Å². The highest BCUT2D eigenvalue weighted by Gasteiger charge is 2.11. The third kappa shape index (κ3) is 3.76. The smallest absolute Gasteiger partial charge is 0.118 e. The number of hydrogen-bond acceptors (Lipinski definition) is 3. The predicted molar refractivity (Wildman–Crippen MR) is 97.3 cm³/mol. The zero-order valence-corrected chi connectivity index (χ0v) is 13.2. The van der Waals surface area contributed by atoms with Crippen molar-refractivity contribution in [3.63, 3.8) is 0 Å². The first-order chi connectivity index (χ1) is 11.9. The van der Waals surface area contributed by atoms with Gasteiger partial charge in [0.1, 0.15) is 5.71 Å². The number of aromatic nitrogens is 1. The fourth-order valence-electron chi connectivity index (χ4n) is 2.59. The second-order valence-corrected chi connectivity index (χ2v) is 5.36. The molecular formula is C21H18N2O. The van der Waals surface area contributed by atoms with Crippen LogP contribution in [0, 0.1) is 0 Å². The van der Waals surface area contributed by atoms with E-state index in [1.807, 2.05) is 54.6 Å². The van der Waals surface area contributed by atoms with Gasteiger partial charge in [0.05, 0.1) is 0 Å². The van der Waals surface area contributed by atoms with Gasteiger partial charge in [-0.05, 0) is 29.7 Å². The van der Waals surface area contributed by atoms with Crippen LogP contribution in [-0.4, -0.2) is 15.9 Å². The highest BCUT2D eigenvalue weighted by atomic mass is 16.4. The molecule has 0 atom stereocenters. The van der Waals surface area contributed by atoms with E-state index in [1.54, 1.807) is 12.4 Å². The summed E-state index contributed by atoms with van der Waals surface area (Å²) in [6.45, 7) is 0. The van der Waals surface area contributed by atoms with Crippen molar-refractivity contribution in [2.24, 2.45) is 5.16 Å². The summed E-state index contributed by atoms with van der Waals surface area (Å²) in [4.78, 5) is 4.10. The van der Waals surface area contributed by atoms with E-state index < -0.39 is 0 Å². The van der Waals surface area contributed by atoms with Gasteiger partial charge in [-0.25, -0.2) is 0 Å². The molecule has 3 heteroatoms. The summed E-state index contributed by atoms with van der Waals surface area (Å²) < 4.78 is 0. The SMILES string of the molecule is ON=C(c1cccnc1)c1ccccc1CC=Cc1ccccc1. The number of nitrogens with zero attached hydrogens (tertiary/aromatic N) is 2. The van der Waals surface area contributed by atoms with Gasteiger partial charge >= 0.3 is 0 Å². The second kappa shape index (κ2) is 7.88. The number of benzene rings is 2. The van der Waals surface area contributed by atoms with Gasteiger partial charge in [0.25, 0.3) is 0 Å². The first-order valence-corrected chi connectivity index (χ1v) is 7.81. The van der Waals surface area contributed by atoms with Crippen molar-refractivity contribution in [2.45, 2.75) is 6.42 Å². The molecule has 0 aliphatic heterocycles. The van der Waals surface area contributed by atoms with Crippen molar-refractivity contribution < 1.29 is 5.21 Å². The van der Waals surface area contributed by atoms with Crippen LogP contribution in [0.4, 0.5) is 0 Å². The van der Waals surface area contributed by atoms with E-state index in [0.29, 0.717) is 5.71 Å². The summed E-state index contributed by atoms with van der Waals surface area (Å²) in [6.07, 6.45) is 8.37. The van der Waals surface area contributed by atoms with Crippen LogP contribution in [-0.2, 0) is 6.42 Å². The molecule has 0 radical (unpaired) electrons. The summed E-state index contributed by atoms with van der Waals surface area (Å²) in [5, 5.41) is 13.0. The molecule has 1 N–H and O–H groups in total. The van der Waals surface area contributed by atoms with Gasteiger partial charge in [0.2, 0.25) is 0 Å². The molecule has 0 spiro atoms. The average molecular weight is 314 g/mol. The van der Waals surface area contributed by atoms with Gasteiger partial charge in [-0.3, -0.25) is 4.98 Å². The number of pyridine rings is 1. The Hall–Kier alpha value is -3.20. The van der Waals surface area contributed by atoms with E-state index in [9.17, 15) is 5.21 Å². The van der Waals surface area contributed by atoms with Crippen LogP contribution < -0.4 is 0 Å². The molecule has 0 aliphatic carbocycles. The molecule has 118 valence electrons. The molecule has 0 bridgehead atoms. The largest absolute Gasteiger partial charge is 0.410 e. The molecule has 0 fully saturated rings. The standard InChI is InChI=1S/C21H18N2O/c24-23-21(19-13-7-15-22-16-19)20-14-5-4-11-18(20)12-6-10-17-8-2-1-3-9-17/h1-11,13-16,24H,12H2. The van der Waals surface area contributed by atoms with Crippen molar-refractivity contribution in [3.8, 4) is 0 Å². The molecule has 3 rings (SSSR count). The van der Waals surface area contributed by atoms with Crippen LogP contribution in [0.25, 0.3) is 6.08 Å². The molecule has 0 aliphatic rings. The highest BCUT2D eigenvalue weighted by Crippen LogP contribution is 2.16. The van der Waals surface area contributed by atoms with Gasteiger partial charge in [-0.2, -0.15) is 0 Å². The Bertz CT molecular complexity index is 840. The molecule has 3 aromatic rings. The minimum atomic E-state index is 0.534. The third-order valence-electron chi connectivity index (χ3n) is 3.76. The Morgan fingerprint density at radius 2 is 1.75 bits per heavy atom. The normalized spacial score (nSPS) is 11.8. The van der Waals surface area contributed by atoms with Crippen LogP contribution in [0.2, 0.25) is 0 Å². The lowest BCUT2D eigenvalue weighted by Crippen LogP contribution is -2.07. The molecule has 0 saturated carbocycles. The first kappa shape index (κ1) is 15.7. The van der Waals surface area contributed by atoms with Gasteiger partial charge < -0.3 is 5.21 Å². The molecule has 24 heavy (non-hydrogen) atoms. The summed E-state index contributed by atoms with van der Waals surface area (Å²) in [7, 11) is 0. The Balaban J connectivity index is 1.87. The zero-order chi connectivity index (χ0) is 16.6. The third-order valence-corrected chi connectivity index (χ3v) is 3.76. The molecular weight excluding hydrogens is 296 g/mol. The fourth-order valence-corrected chi connectivity index (χ4v) is 2.59. The Labute approximate surface area is 141 Å². The summed E-state index contributed by atoms with van der Waals surface area (Å²) in [6, 6.07) is 21.9. The minimum Gasteiger partial charge on any atom is -0.410 e. The number of rotatable bonds is 5. The van der Waals surface area contributed by atoms with Crippen molar-refractivity contribution in [2.75, 3.05) is 0 Å². The monoisotopic (exact) mass is 314 g/mol. The Kier molecular flexibility index (Phi) is 5.15. The maximum atomic E-state index is 9.50. The van der Waals surface area contributed by atoms with Gasteiger partial charge in [0, 0.05) is 23.5 Å². The van der Waals surface area contributed by atoms with Crippen molar-refractivity contribution in [1.29, 1.82) is 0 Å². The summed E-state index contributed by atoms with van der Waals surface area (Å²) >= 11 is 0. The summed E-state index contributed by atoms with van der Waals surface area (Å²) in [5.74, 6) is 0. The van der Waals surface area contributed by atoms with E-state index in [-0.39, 0.29) is 0 Å². The average Bonchev–Trinajstić information content (AvgIpc) is 2.65. The lowest BCUT2D eigenvalue weighted by molar-refractivity contribution is 0.319. The quantitative estimate of drug-likeness (QED) is 0.426.